The van der Waals surface area contributed by atoms with Crippen molar-refractivity contribution in [1.82, 2.24) is 9.97 Å². The fraction of sp³-hybridized carbons (Fsp3) is 0.222. The van der Waals surface area contributed by atoms with E-state index < -0.39 is 0 Å². The van der Waals surface area contributed by atoms with Crippen molar-refractivity contribution in [2.24, 2.45) is 0 Å². The van der Waals surface area contributed by atoms with Crippen molar-refractivity contribution in [3.63, 3.8) is 0 Å². The van der Waals surface area contributed by atoms with Gasteiger partial charge in [-0.2, -0.15) is 0 Å². The Morgan fingerprint density at radius 1 is 0.957 bits per heavy atom. The van der Waals surface area contributed by atoms with E-state index >= 15 is 0 Å². The van der Waals surface area contributed by atoms with Crippen LogP contribution < -0.4 is 15.5 Å². The molecule has 0 fully saturated rings. The summed E-state index contributed by atoms with van der Waals surface area (Å²) in [7, 11) is 3.85. The van der Waals surface area contributed by atoms with Crippen molar-refractivity contribution in [3.8, 4) is 0 Å². The Kier molecular flexibility index (Phi) is 4.02. The molecule has 5 heteroatoms. The Balaban J connectivity index is 2.19. The van der Waals surface area contributed by atoms with E-state index in [1.165, 1.54) is 10.8 Å². The van der Waals surface area contributed by atoms with Gasteiger partial charge in [-0.1, -0.05) is 36.4 Å². The predicted octanol–water partition coefficient (Wildman–Crippen LogP) is 3.44. The second-order valence-corrected chi connectivity index (χ2v) is 5.57. The SMILES string of the molecule is CCN(c1ncnc(N(C)C)c1N)c1cccc2ccccc12. The van der Waals surface area contributed by atoms with Crippen molar-refractivity contribution in [2.45, 2.75) is 6.92 Å². The lowest BCUT2D eigenvalue weighted by Crippen LogP contribution is -2.22. The Morgan fingerprint density at radius 3 is 2.39 bits per heavy atom. The van der Waals surface area contributed by atoms with E-state index in [2.05, 4.69) is 52.1 Å². The van der Waals surface area contributed by atoms with Crippen LogP contribution in [0.1, 0.15) is 6.92 Å². The molecule has 0 aliphatic carbocycles. The number of hydrogen-bond acceptors (Lipinski definition) is 5. The lowest BCUT2D eigenvalue weighted by molar-refractivity contribution is 0.969. The molecule has 0 aliphatic rings. The van der Waals surface area contributed by atoms with Gasteiger partial charge in [0.15, 0.2) is 11.6 Å². The first-order chi connectivity index (χ1) is 11.1. The Morgan fingerprint density at radius 2 is 1.65 bits per heavy atom. The second-order valence-electron chi connectivity index (χ2n) is 5.57. The summed E-state index contributed by atoms with van der Waals surface area (Å²) in [6, 6.07) is 14.6. The van der Waals surface area contributed by atoms with Crippen LogP contribution >= 0.6 is 0 Å². The number of nitrogens with two attached hydrogens (primary N) is 1. The maximum atomic E-state index is 6.33. The van der Waals surface area contributed by atoms with Gasteiger partial charge >= 0.3 is 0 Å². The summed E-state index contributed by atoms with van der Waals surface area (Å²) in [6.07, 6.45) is 1.56. The Labute approximate surface area is 136 Å². The van der Waals surface area contributed by atoms with Crippen LogP contribution in [0.25, 0.3) is 10.8 Å². The highest BCUT2D eigenvalue weighted by molar-refractivity contribution is 5.97. The molecular formula is C18H21N5. The topological polar surface area (TPSA) is 58.3 Å². The maximum Gasteiger partial charge on any atom is 0.161 e. The van der Waals surface area contributed by atoms with Crippen molar-refractivity contribution in [2.75, 3.05) is 36.2 Å². The maximum absolute atomic E-state index is 6.33. The zero-order valence-corrected chi connectivity index (χ0v) is 13.7. The molecule has 1 heterocycles. The molecule has 0 spiro atoms. The molecule has 3 aromatic rings. The van der Waals surface area contributed by atoms with Crippen molar-refractivity contribution < 1.29 is 0 Å². The quantitative estimate of drug-likeness (QED) is 0.800. The summed E-state index contributed by atoms with van der Waals surface area (Å²) in [5.41, 5.74) is 8.02. The second kappa shape index (κ2) is 6.12. The normalized spacial score (nSPS) is 10.7. The van der Waals surface area contributed by atoms with Crippen LogP contribution in [0.5, 0.6) is 0 Å². The fourth-order valence-electron chi connectivity index (χ4n) is 2.83. The van der Waals surface area contributed by atoms with Gasteiger partial charge in [-0.15, -0.1) is 0 Å². The monoisotopic (exact) mass is 307 g/mol. The number of fused-ring (bicyclic) bond motifs is 1. The number of nitrogen functional groups attached to an aromatic ring is 1. The van der Waals surface area contributed by atoms with Crippen LogP contribution in [-0.4, -0.2) is 30.6 Å². The highest BCUT2D eigenvalue weighted by Gasteiger charge is 2.18. The molecule has 2 aromatic carbocycles. The van der Waals surface area contributed by atoms with E-state index in [0.717, 1.165) is 23.9 Å². The van der Waals surface area contributed by atoms with E-state index in [4.69, 9.17) is 5.73 Å². The van der Waals surface area contributed by atoms with Gasteiger partial charge in [-0.05, 0) is 18.4 Å². The number of rotatable bonds is 4. The van der Waals surface area contributed by atoms with Gasteiger partial charge in [0.25, 0.3) is 0 Å². The van der Waals surface area contributed by atoms with Crippen LogP contribution in [0.15, 0.2) is 48.8 Å². The average molecular weight is 307 g/mol. The first kappa shape index (κ1) is 15.1. The van der Waals surface area contributed by atoms with Gasteiger partial charge in [0.2, 0.25) is 0 Å². The molecule has 1 aromatic heterocycles. The summed E-state index contributed by atoms with van der Waals surface area (Å²) in [5.74, 6) is 1.47. The van der Waals surface area contributed by atoms with Crippen LogP contribution in [0.4, 0.5) is 23.0 Å². The molecule has 0 bridgehead atoms. The minimum absolute atomic E-state index is 0.590. The summed E-state index contributed by atoms with van der Waals surface area (Å²) in [6.45, 7) is 2.86. The number of aromatic nitrogens is 2. The van der Waals surface area contributed by atoms with Crippen LogP contribution in [0, 0.1) is 0 Å². The van der Waals surface area contributed by atoms with Crippen molar-refractivity contribution in [3.05, 3.63) is 48.8 Å². The van der Waals surface area contributed by atoms with Gasteiger partial charge in [-0.25, -0.2) is 9.97 Å². The minimum Gasteiger partial charge on any atom is -0.393 e. The van der Waals surface area contributed by atoms with Crippen molar-refractivity contribution in [1.29, 1.82) is 0 Å². The number of nitrogens with zero attached hydrogens (tertiary/aromatic N) is 4. The van der Waals surface area contributed by atoms with Gasteiger partial charge < -0.3 is 15.5 Å². The summed E-state index contributed by atoms with van der Waals surface area (Å²) in [5, 5.41) is 2.38. The predicted molar refractivity (Wildman–Crippen MR) is 97.4 cm³/mol. The van der Waals surface area contributed by atoms with Crippen LogP contribution in [0.2, 0.25) is 0 Å². The minimum atomic E-state index is 0.590. The molecule has 5 nitrogen and oxygen atoms in total. The lowest BCUT2D eigenvalue weighted by atomic mass is 10.1. The summed E-state index contributed by atoms with van der Waals surface area (Å²) in [4.78, 5) is 12.7. The third-order valence-corrected chi connectivity index (χ3v) is 3.89. The zero-order chi connectivity index (χ0) is 16.4. The van der Waals surface area contributed by atoms with E-state index in [9.17, 15) is 0 Å². The third kappa shape index (κ3) is 2.65. The molecule has 0 saturated carbocycles. The Bertz CT molecular complexity index is 823. The average Bonchev–Trinajstić information content (AvgIpc) is 2.57. The highest BCUT2D eigenvalue weighted by Crippen LogP contribution is 2.36. The van der Waals surface area contributed by atoms with Gasteiger partial charge in [-0.3, -0.25) is 0 Å². The van der Waals surface area contributed by atoms with E-state index in [-0.39, 0.29) is 0 Å². The number of anilines is 4. The summed E-state index contributed by atoms with van der Waals surface area (Å²) >= 11 is 0. The van der Waals surface area contributed by atoms with Crippen LogP contribution in [0.3, 0.4) is 0 Å². The fourth-order valence-corrected chi connectivity index (χ4v) is 2.83. The molecule has 2 N–H and O–H groups in total. The Hall–Kier alpha value is -2.82. The molecule has 118 valence electrons. The van der Waals surface area contributed by atoms with Gasteiger partial charge in [0.1, 0.15) is 12.0 Å². The molecule has 23 heavy (non-hydrogen) atoms. The van der Waals surface area contributed by atoms with Crippen molar-refractivity contribution >= 4 is 33.8 Å². The third-order valence-electron chi connectivity index (χ3n) is 3.89. The highest BCUT2D eigenvalue weighted by atomic mass is 15.2. The smallest absolute Gasteiger partial charge is 0.161 e. The van der Waals surface area contributed by atoms with Gasteiger partial charge in [0, 0.05) is 26.0 Å². The number of hydrogen-bond donors (Lipinski definition) is 1. The molecule has 3 rings (SSSR count). The largest absolute Gasteiger partial charge is 0.393 e. The first-order valence-corrected chi connectivity index (χ1v) is 7.66. The molecule has 0 saturated heterocycles. The molecule has 0 unspecified atom stereocenters. The number of benzene rings is 2. The molecule has 0 aliphatic heterocycles. The molecule has 0 atom stereocenters. The molecule has 0 amide bonds. The summed E-state index contributed by atoms with van der Waals surface area (Å²) < 4.78 is 0. The standard InChI is InChI=1S/C18H21N5/c1-4-23(18-16(19)17(22(2)3)20-12-21-18)15-11-7-9-13-8-5-6-10-14(13)15/h5-12H,4,19H2,1-3H3. The van der Waals surface area contributed by atoms with Gasteiger partial charge in [0.05, 0.1) is 5.69 Å². The molecule has 0 radical (unpaired) electrons. The zero-order valence-electron chi connectivity index (χ0n) is 13.7. The molecular weight excluding hydrogens is 286 g/mol. The first-order valence-electron chi connectivity index (χ1n) is 7.66. The van der Waals surface area contributed by atoms with E-state index in [1.54, 1.807) is 6.33 Å². The van der Waals surface area contributed by atoms with Crippen LogP contribution in [-0.2, 0) is 0 Å². The lowest BCUT2D eigenvalue weighted by Gasteiger charge is -2.26. The van der Waals surface area contributed by atoms with E-state index in [0.29, 0.717) is 5.69 Å². The van der Waals surface area contributed by atoms with E-state index in [1.807, 2.05) is 31.1 Å².